The second kappa shape index (κ2) is 10.2. The highest BCUT2D eigenvalue weighted by molar-refractivity contribution is 7.09. The number of hydrogen-bond donors (Lipinski definition) is 2. The molecule has 1 aromatic heterocycles. The van der Waals surface area contributed by atoms with Crippen molar-refractivity contribution in [3.63, 3.8) is 0 Å². The van der Waals surface area contributed by atoms with E-state index in [1.165, 1.54) is 5.01 Å². The van der Waals surface area contributed by atoms with E-state index in [0.717, 1.165) is 64.0 Å². The van der Waals surface area contributed by atoms with Gasteiger partial charge in [0.05, 0.1) is 30.5 Å². The lowest BCUT2D eigenvalue weighted by Crippen LogP contribution is -2.52. The van der Waals surface area contributed by atoms with Gasteiger partial charge in [-0.3, -0.25) is 9.89 Å². The molecule has 0 unspecified atom stereocenters. The predicted octanol–water partition coefficient (Wildman–Crippen LogP) is 2.47. The van der Waals surface area contributed by atoms with Crippen LogP contribution in [0.2, 0.25) is 0 Å². The fraction of sp³-hybridized carbons (Fsp3) is 0.789. The molecule has 2 N–H and O–H groups in total. The summed E-state index contributed by atoms with van der Waals surface area (Å²) in [5.41, 5.74) is 1.20. The van der Waals surface area contributed by atoms with Crippen LogP contribution < -0.4 is 10.6 Å². The molecule has 7 heteroatoms. The summed E-state index contributed by atoms with van der Waals surface area (Å²) in [5.74, 6) is 1.39. The van der Waals surface area contributed by atoms with Gasteiger partial charge in [-0.25, -0.2) is 4.98 Å². The Bertz CT molecular complexity index is 564. The van der Waals surface area contributed by atoms with Crippen molar-refractivity contribution in [1.29, 1.82) is 0 Å². The number of morpholine rings is 1. The molecule has 1 fully saturated rings. The lowest BCUT2D eigenvalue weighted by atomic mass is 10.0. The van der Waals surface area contributed by atoms with E-state index in [1.807, 2.05) is 0 Å². The molecular formula is C19H35N5OS. The molecule has 0 bridgehead atoms. The number of thiazole rings is 1. The molecule has 26 heavy (non-hydrogen) atoms. The van der Waals surface area contributed by atoms with Crippen molar-refractivity contribution in [1.82, 2.24) is 20.5 Å². The Morgan fingerprint density at radius 1 is 1.35 bits per heavy atom. The van der Waals surface area contributed by atoms with Crippen molar-refractivity contribution in [2.75, 3.05) is 45.9 Å². The number of rotatable bonds is 8. The molecule has 1 aromatic rings. The summed E-state index contributed by atoms with van der Waals surface area (Å²) in [5, 5.41) is 10.2. The minimum absolute atomic E-state index is 0.0349. The number of aromatic nitrogens is 1. The Balaban J connectivity index is 1.85. The fourth-order valence-electron chi connectivity index (χ4n) is 2.89. The van der Waals surface area contributed by atoms with Gasteiger partial charge < -0.3 is 15.4 Å². The van der Waals surface area contributed by atoms with E-state index in [0.29, 0.717) is 5.92 Å². The number of guanidine groups is 1. The Kier molecular flexibility index (Phi) is 8.31. The van der Waals surface area contributed by atoms with Gasteiger partial charge in [0.25, 0.3) is 0 Å². The predicted molar refractivity (Wildman–Crippen MR) is 110 cm³/mol. The second-order valence-corrected chi connectivity index (χ2v) is 8.51. The van der Waals surface area contributed by atoms with Crippen LogP contribution in [0.1, 0.15) is 51.2 Å². The molecule has 0 radical (unpaired) electrons. The molecule has 0 atom stereocenters. The van der Waals surface area contributed by atoms with E-state index < -0.39 is 0 Å². The molecule has 0 aromatic carbocycles. The van der Waals surface area contributed by atoms with Gasteiger partial charge in [0.15, 0.2) is 5.96 Å². The first-order valence-corrected chi connectivity index (χ1v) is 10.6. The summed E-state index contributed by atoms with van der Waals surface area (Å²) in [7, 11) is 0. The Morgan fingerprint density at radius 3 is 2.69 bits per heavy atom. The summed E-state index contributed by atoms with van der Waals surface area (Å²) >= 11 is 1.76. The zero-order valence-corrected chi connectivity index (χ0v) is 17.8. The van der Waals surface area contributed by atoms with Crippen LogP contribution in [0.15, 0.2) is 10.4 Å². The lowest BCUT2D eigenvalue weighted by molar-refractivity contribution is -0.00683. The van der Waals surface area contributed by atoms with E-state index >= 15 is 0 Å². The van der Waals surface area contributed by atoms with Crippen LogP contribution in [0.5, 0.6) is 0 Å². The molecular weight excluding hydrogens is 346 g/mol. The first-order chi connectivity index (χ1) is 12.4. The van der Waals surface area contributed by atoms with E-state index in [9.17, 15) is 0 Å². The van der Waals surface area contributed by atoms with E-state index in [1.54, 1.807) is 11.3 Å². The zero-order valence-electron chi connectivity index (χ0n) is 17.0. The molecule has 2 heterocycles. The van der Waals surface area contributed by atoms with E-state index in [-0.39, 0.29) is 5.54 Å². The fourth-order valence-corrected chi connectivity index (χ4v) is 3.76. The second-order valence-electron chi connectivity index (χ2n) is 7.62. The Morgan fingerprint density at radius 2 is 2.08 bits per heavy atom. The molecule has 1 saturated heterocycles. The highest BCUT2D eigenvalue weighted by Crippen LogP contribution is 2.19. The van der Waals surface area contributed by atoms with Crippen LogP contribution in [0, 0.1) is 0 Å². The Hall–Kier alpha value is -1.18. The van der Waals surface area contributed by atoms with Crippen LogP contribution in [0.25, 0.3) is 0 Å². The van der Waals surface area contributed by atoms with Crippen molar-refractivity contribution in [3.05, 3.63) is 16.1 Å². The molecule has 0 amide bonds. The van der Waals surface area contributed by atoms with E-state index in [2.05, 4.69) is 55.5 Å². The van der Waals surface area contributed by atoms with Crippen molar-refractivity contribution in [2.24, 2.45) is 4.99 Å². The number of ether oxygens (including phenoxy) is 1. The largest absolute Gasteiger partial charge is 0.379 e. The van der Waals surface area contributed by atoms with Gasteiger partial charge in [0, 0.05) is 49.4 Å². The van der Waals surface area contributed by atoms with Gasteiger partial charge in [-0.05, 0) is 20.8 Å². The first-order valence-electron chi connectivity index (χ1n) is 9.71. The highest BCUT2D eigenvalue weighted by atomic mass is 32.1. The SMILES string of the molecule is CCNC(=NCC(C)(C)N1CCOCC1)NCCc1csc(C(C)C)n1. The lowest BCUT2D eigenvalue weighted by Gasteiger charge is -2.39. The molecule has 148 valence electrons. The number of nitrogens with zero attached hydrogens (tertiary/aromatic N) is 3. The number of hydrogen-bond acceptors (Lipinski definition) is 5. The van der Waals surface area contributed by atoms with Crippen molar-refractivity contribution in [2.45, 2.75) is 52.5 Å². The summed E-state index contributed by atoms with van der Waals surface area (Å²) < 4.78 is 5.46. The van der Waals surface area contributed by atoms with Crippen molar-refractivity contribution >= 4 is 17.3 Å². The van der Waals surface area contributed by atoms with Crippen LogP contribution in [0.4, 0.5) is 0 Å². The minimum atomic E-state index is 0.0349. The maximum absolute atomic E-state index is 5.46. The number of aliphatic imine (C=N–C) groups is 1. The molecule has 0 saturated carbocycles. The van der Waals surface area contributed by atoms with Gasteiger partial charge in [0.2, 0.25) is 0 Å². The van der Waals surface area contributed by atoms with Gasteiger partial charge in [-0.2, -0.15) is 0 Å². The smallest absolute Gasteiger partial charge is 0.191 e. The van der Waals surface area contributed by atoms with E-state index in [4.69, 9.17) is 14.7 Å². The third-order valence-corrected chi connectivity index (χ3v) is 5.77. The monoisotopic (exact) mass is 381 g/mol. The standard InChI is InChI=1S/C19H35N5OS/c1-6-20-18(21-8-7-16-13-26-17(23-16)15(2)3)22-14-19(4,5)24-9-11-25-12-10-24/h13,15H,6-12,14H2,1-5H3,(H2,20,21,22). The van der Waals surface area contributed by atoms with Crippen LogP contribution in [-0.2, 0) is 11.2 Å². The van der Waals surface area contributed by atoms with Crippen molar-refractivity contribution in [3.8, 4) is 0 Å². The van der Waals surface area contributed by atoms with Gasteiger partial charge in [-0.1, -0.05) is 13.8 Å². The minimum Gasteiger partial charge on any atom is -0.379 e. The Labute approximate surface area is 162 Å². The maximum atomic E-state index is 5.46. The molecule has 2 rings (SSSR count). The van der Waals surface area contributed by atoms with Crippen LogP contribution >= 0.6 is 11.3 Å². The average molecular weight is 382 g/mol. The third kappa shape index (κ3) is 6.52. The molecule has 0 spiro atoms. The summed E-state index contributed by atoms with van der Waals surface area (Å²) in [6.45, 7) is 17.0. The van der Waals surface area contributed by atoms with Crippen LogP contribution in [-0.4, -0.2) is 67.3 Å². The summed E-state index contributed by atoms with van der Waals surface area (Å²) in [6, 6.07) is 0. The van der Waals surface area contributed by atoms with Gasteiger partial charge >= 0.3 is 0 Å². The van der Waals surface area contributed by atoms with Gasteiger partial charge in [0.1, 0.15) is 0 Å². The average Bonchev–Trinajstić information content (AvgIpc) is 3.10. The number of nitrogens with one attached hydrogen (secondary N) is 2. The zero-order chi connectivity index (χ0) is 19.0. The van der Waals surface area contributed by atoms with Gasteiger partial charge in [-0.15, -0.1) is 11.3 Å². The maximum Gasteiger partial charge on any atom is 0.191 e. The normalized spacial score (nSPS) is 16.9. The molecule has 1 aliphatic rings. The molecule has 1 aliphatic heterocycles. The quantitative estimate of drug-likeness (QED) is 0.535. The molecule has 6 nitrogen and oxygen atoms in total. The van der Waals surface area contributed by atoms with Crippen LogP contribution in [0.3, 0.4) is 0 Å². The topological polar surface area (TPSA) is 61.8 Å². The summed E-state index contributed by atoms with van der Waals surface area (Å²) in [6.07, 6.45) is 0.917. The first kappa shape index (κ1) is 21.1. The van der Waals surface area contributed by atoms with Crippen molar-refractivity contribution < 1.29 is 4.74 Å². The molecule has 0 aliphatic carbocycles. The summed E-state index contributed by atoms with van der Waals surface area (Å²) in [4.78, 5) is 12.0. The highest BCUT2D eigenvalue weighted by Gasteiger charge is 2.28. The third-order valence-electron chi connectivity index (χ3n) is 4.57.